The van der Waals surface area contributed by atoms with Crippen LogP contribution in [0.3, 0.4) is 0 Å². The SMILES string of the molecule is CCN(CC)CCN1C(=O)C2=C(C(=O)C3CCCCC3O2)C1c1ccc(C(C)C)cc1. The summed E-state index contributed by atoms with van der Waals surface area (Å²) in [6, 6.07) is 8.10. The number of carbonyl (C=O) groups excluding carboxylic acids is 2. The number of Topliss-reactive ketones (excluding diaryl/α,β-unsaturated/α-hetero) is 1. The van der Waals surface area contributed by atoms with Crippen LogP contribution in [-0.2, 0) is 14.3 Å². The van der Waals surface area contributed by atoms with Gasteiger partial charge in [-0.05, 0) is 49.4 Å². The molecule has 0 radical (unpaired) electrons. The lowest BCUT2D eigenvalue weighted by Crippen LogP contribution is -2.39. The highest BCUT2D eigenvalue weighted by Gasteiger charge is 2.51. The molecule has 31 heavy (non-hydrogen) atoms. The fourth-order valence-electron chi connectivity index (χ4n) is 5.32. The van der Waals surface area contributed by atoms with Crippen LogP contribution in [0.2, 0.25) is 0 Å². The van der Waals surface area contributed by atoms with Gasteiger partial charge in [0, 0.05) is 13.1 Å². The molecule has 2 heterocycles. The normalized spacial score (nSPS) is 25.9. The second kappa shape index (κ2) is 9.15. The number of rotatable bonds is 7. The fourth-order valence-corrected chi connectivity index (χ4v) is 5.32. The fraction of sp³-hybridized carbons (Fsp3) is 0.615. The number of amides is 1. The maximum Gasteiger partial charge on any atom is 0.290 e. The molecule has 0 N–H and O–H groups in total. The van der Waals surface area contributed by atoms with Gasteiger partial charge in [-0.25, -0.2) is 0 Å². The van der Waals surface area contributed by atoms with Gasteiger partial charge in [-0.1, -0.05) is 58.4 Å². The topological polar surface area (TPSA) is 49.9 Å². The van der Waals surface area contributed by atoms with Crippen molar-refractivity contribution < 1.29 is 14.3 Å². The molecule has 0 bridgehead atoms. The Morgan fingerprint density at radius 3 is 2.39 bits per heavy atom. The highest BCUT2D eigenvalue weighted by Crippen LogP contribution is 2.46. The molecule has 0 aromatic heterocycles. The van der Waals surface area contributed by atoms with Crippen LogP contribution in [0.5, 0.6) is 0 Å². The van der Waals surface area contributed by atoms with Crippen molar-refractivity contribution in [2.75, 3.05) is 26.2 Å². The summed E-state index contributed by atoms with van der Waals surface area (Å²) < 4.78 is 6.25. The predicted octanol–water partition coefficient (Wildman–Crippen LogP) is 4.45. The molecule has 1 aromatic rings. The zero-order valence-electron chi connectivity index (χ0n) is 19.4. The second-order valence-corrected chi connectivity index (χ2v) is 9.40. The summed E-state index contributed by atoms with van der Waals surface area (Å²) in [5.41, 5.74) is 2.87. The molecule has 0 spiro atoms. The van der Waals surface area contributed by atoms with Gasteiger partial charge in [0.1, 0.15) is 6.10 Å². The molecule has 5 nitrogen and oxygen atoms in total. The Morgan fingerprint density at radius 1 is 1.06 bits per heavy atom. The smallest absolute Gasteiger partial charge is 0.290 e. The van der Waals surface area contributed by atoms with Crippen LogP contribution in [-0.4, -0.2) is 53.8 Å². The lowest BCUT2D eigenvalue weighted by molar-refractivity contribution is -0.135. The summed E-state index contributed by atoms with van der Waals surface area (Å²) in [6.45, 7) is 11.9. The van der Waals surface area contributed by atoms with E-state index >= 15 is 0 Å². The van der Waals surface area contributed by atoms with E-state index in [1.807, 2.05) is 4.90 Å². The molecule has 1 aromatic carbocycles. The predicted molar refractivity (Wildman–Crippen MR) is 122 cm³/mol. The number of benzene rings is 1. The van der Waals surface area contributed by atoms with Crippen molar-refractivity contribution in [3.05, 3.63) is 46.7 Å². The third-order valence-electron chi connectivity index (χ3n) is 7.33. The molecule has 1 saturated carbocycles. The Balaban J connectivity index is 1.70. The summed E-state index contributed by atoms with van der Waals surface area (Å²) in [5.74, 6) is 0.696. The van der Waals surface area contributed by atoms with Gasteiger partial charge >= 0.3 is 0 Å². The van der Waals surface area contributed by atoms with E-state index in [0.29, 0.717) is 23.8 Å². The minimum absolute atomic E-state index is 0.0968. The van der Waals surface area contributed by atoms with Gasteiger partial charge in [-0.3, -0.25) is 9.59 Å². The van der Waals surface area contributed by atoms with Crippen LogP contribution >= 0.6 is 0 Å². The molecule has 3 unspecified atom stereocenters. The number of hydrogen-bond acceptors (Lipinski definition) is 4. The Labute approximate surface area is 186 Å². The van der Waals surface area contributed by atoms with Crippen molar-refractivity contribution in [2.24, 2.45) is 5.92 Å². The Kier molecular flexibility index (Phi) is 6.52. The second-order valence-electron chi connectivity index (χ2n) is 9.40. The van der Waals surface area contributed by atoms with E-state index in [1.165, 1.54) is 5.56 Å². The van der Waals surface area contributed by atoms with Crippen LogP contribution < -0.4 is 0 Å². The van der Waals surface area contributed by atoms with E-state index < -0.39 is 0 Å². The van der Waals surface area contributed by atoms with Gasteiger partial charge < -0.3 is 14.5 Å². The molecule has 168 valence electrons. The van der Waals surface area contributed by atoms with E-state index in [0.717, 1.165) is 50.9 Å². The standard InChI is InChI=1S/C26H36N2O3/c1-5-27(6-2)15-16-28-23(19-13-11-18(12-14-19)17(3)4)22-24(29)20-9-7-8-10-21(20)31-25(22)26(28)30/h11-14,17,20-21,23H,5-10,15-16H2,1-4H3. The summed E-state index contributed by atoms with van der Waals surface area (Å²) in [4.78, 5) is 31.3. The number of nitrogens with zero attached hydrogens (tertiary/aromatic N) is 2. The largest absolute Gasteiger partial charge is 0.483 e. The first-order chi connectivity index (χ1) is 15.0. The number of ether oxygens (including phenoxy) is 1. The summed E-state index contributed by atoms with van der Waals surface area (Å²) in [6.07, 6.45) is 3.74. The van der Waals surface area contributed by atoms with Crippen molar-refractivity contribution >= 4 is 11.7 Å². The van der Waals surface area contributed by atoms with Gasteiger partial charge in [0.15, 0.2) is 11.5 Å². The molecule has 0 saturated heterocycles. The lowest BCUT2D eigenvalue weighted by atomic mass is 9.77. The average Bonchev–Trinajstić information content (AvgIpc) is 3.06. The van der Waals surface area contributed by atoms with Crippen molar-refractivity contribution in [3.8, 4) is 0 Å². The first kappa shape index (κ1) is 22.1. The molecule has 4 rings (SSSR count). The molecule has 1 amide bonds. The Hall–Kier alpha value is -2.14. The first-order valence-electron chi connectivity index (χ1n) is 12.0. The van der Waals surface area contributed by atoms with Gasteiger partial charge in [0.2, 0.25) is 0 Å². The monoisotopic (exact) mass is 424 g/mol. The van der Waals surface area contributed by atoms with E-state index in [2.05, 4.69) is 56.9 Å². The summed E-state index contributed by atoms with van der Waals surface area (Å²) in [7, 11) is 0. The third kappa shape index (κ3) is 4.05. The number of likely N-dealkylation sites (N-methyl/N-ethyl adjacent to an activating group) is 1. The minimum atomic E-state index is -0.338. The maximum absolute atomic E-state index is 13.6. The van der Waals surface area contributed by atoms with Gasteiger partial charge in [0.05, 0.1) is 17.5 Å². The van der Waals surface area contributed by atoms with E-state index in [1.54, 1.807) is 0 Å². The van der Waals surface area contributed by atoms with Gasteiger partial charge in [-0.15, -0.1) is 0 Å². The van der Waals surface area contributed by atoms with Crippen molar-refractivity contribution in [3.63, 3.8) is 0 Å². The molecule has 3 atom stereocenters. The molecule has 1 fully saturated rings. The molecular weight excluding hydrogens is 388 g/mol. The van der Waals surface area contributed by atoms with E-state index in [9.17, 15) is 9.59 Å². The third-order valence-corrected chi connectivity index (χ3v) is 7.33. The van der Waals surface area contributed by atoms with Crippen molar-refractivity contribution in [1.29, 1.82) is 0 Å². The van der Waals surface area contributed by atoms with Crippen LogP contribution in [0.1, 0.15) is 76.5 Å². The first-order valence-corrected chi connectivity index (χ1v) is 12.0. The summed E-state index contributed by atoms with van der Waals surface area (Å²) >= 11 is 0. The van der Waals surface area contributed by atoms with Gasteiger partial charge in [0.25, 0.3) is 5.91 Å². The van der Waals surface area contributed by atoms with Crippen LogP contribution in [0.15, 0.2) is 35.6 Å². The Bertz CT molecular complexity index is 854. The minimum Gasteiger partial charge on any atom is -0.483 e. The molecule has 1 aliphatic carbocycles. The van der Waals surface area contributed by atoms with Crippen LogP contribution in [0, 0.1) is 5.92 Å². The highest BCUT2D eigenvalue weighted by molar-refractivity contribution is 6.11. The molecule has 2 aliphatic heterocycles. The van der Waals surface area contributed by atoms with E-state index in [4.69, 9.17) is 4.74 Å². The number of ketones is 1. The number of fused-ring (bicyclic) bond motifs is 1. The lowest BCUT2D eigenvalue weighted by Gasteiger charge is -2.35. The van der Waals surface area contributed by atoms with Crippen molar-refractivity contribution in [1.82, 2.24) is 9.80 Å². The zero-order chi connectivity index (χ0) is 22.1. The highest BCUT2D eigenvalue weighted by atomic mass is 16.5. The van der Waals surface area contributed by atoms with Crippen LogP contribution in [0.4, 0.5) is 0 Å². The number of carbonyl (C=O) groups is 2. The van der Waals surface area contributed by atoms with E-state index in [-0.39, 0.29) is 29.8 Å². The maximum atomic E-state index is 13.6. The zero-order valence-corrected chi connectivity index (χ0v) is 19.4. The van der Waals surface area contributed by atoms with Gasteiger partial charge in [-0.2, -0.15) is 0 Å². The summed E-state index contributed by atoms with van der Waals surface area (Å²) in [5, 5.41) is 0. The quantitative estimate of drug-likeness (QED) is 0.649. The van der Waals surface area contributed by atoms with Crippen molar-refractivity contribution in [2.45, 2.75) is 71.4 Å². The number of hydrogen-bond donors (Lipinski definition) is 0. The molecular formula is C26H36N2O3. The average molecular weight is 425 g/mol. The Morgan fingerprint density at radius 2 is 1.74 bits per heavy atom. The van der Waals surface area contributed by atoms with Crippen LogP contribution in [0.25, 0.3) is 0 Å². The molecule has 3 aliphatic rings. The molecule has 5 heteroatoms.